The van der Waals surface area contributed by atoms with Crippen LogP contribution in [0, 0.1) is 0 Å². The number of benzene rings is 1. The Balaban J connectivity index is 2.65. The van der Waals surface area contributed by atoms with E-state index in [0.717, 1.165) is 5.56 Å². The van der Waals surface area contributed by atoms with Crippen molar-refractivity contribution in [3.63, 3.8) is 0 Å². The highest BCUT2D eigenvalue weighted by Gasteiger charge is 2.14. The Kier molecular flexibility index (Phi) is 4.50. The molecule has 1 unspecified atom stereocenters. The third kappa shape index (κ3) is 3.91. The average molecular weight is 207 g/mol. The van der Waals surface area contributed by atoms with Gasteiger partial charge in [-0.25, -0.2) is 4.79 Å². The molecule has 1 N–H and O–H groups in total. The van der Waals surface area contributed by atoms with Crippen molar-refractivity contribution in [1.82, 2.24) is 0 Å². The Bertz CT molecular complexity index is 335. The van der Waals surface area contributed by atoms with Crippen molar-refractivity contribution in [2.75, 3.05) is 13.7 Å². The predicted octanol–water partition coefficient (Wildman–Crippen LogP) is 1.21. The lowest BCUT2D eigenvalue weighted by Gasteiger charge is -2.04. The summed E-state index contributed by atoms with van der Waals surface area (Å²) in [4.78, 5) is 14.7. The number of hydrogen-bond donors (Lipinski definition) is 1. The lowest BCUT2D eigenvalue weighted by atomic mass is 10.2. The van der Waals surface area contributed by atoms with Crippen LogP contribution < -0.4 is 0 Å². The summed E-state index contributed by atoms with van der Waals surface area (Å²) in [7, 11) is 1.45. The third-order valence-corrected chi connectivity index (χ3v) is 1.81. The summed E-state index contributed by atoms with van der Waals surface area (Å²) < 4.78 is 4.76. The molecular formula is C11H13NO3. The van der Waals surface area contributed by atoms with Crippen LogP contribution in [-0.2, 0) is 9.53 Å². The quantitative estimate of drug-likeness (QED) is 0.738. The number of aliphatic carboxylic acids is 1. The fraction of sp³-hybridized carbons (Fsp3) is 0.273. The third-order valence-electron chi connectivity index (χ3n) is 1.81. The number of carboxylic acid groups (broad SMARTS) is 1. The van der Waals surface area contributed by atoms with Gasteiger partial charge in [0.05, 0.1) is 6.61 Å². The van der Waals surface area contributed by atoms with Gasteiger partial charge in [0.25, 0.3) is 0 Å². The summed E-state index contributed by atoms with van der Waals surface area (Å²) in [6, 6.07) is 8.50. The maximum Gasteiger partial charge on any atom is 0.330 e. The molecule has 1 atom stereocenters. The Hall–Kier alpha value is -1.68. The minimum Gasteiger partial charge on any atom is -0.480 e. The van der Waals surface area contributed by atoms with Crippen LogP contribution in [0.25, 0.3) is 0 Å². The highest BCUT2D eigenvalue weighted by atomic mass is 16.5. The molecule has 15 heavy (non-hydrogen) atoms. The standard InChI is InChI=1S/C11H13NO3/c1-15-8-10(11(13)14)12-7-9-5-3-2-4-6-9/h2-7,10H,8H2,1H3,(H,13,14). The van der Waals surface area contributed by atoms with Gasteiger partial charge in [-0.05, 0) is 5.56 Å². The molecule has 0 bridgehead atoms. The first-order valence-electron chi connectivity index (χ1n) is 4.54. The van der Waals surface area contributed by atoms with Crippen molar-refractivity contribution in [3.8, 4) is 0 Å². The van der Waals surface area contributed by atoms with Crippen molar-refractivity contribution < 1.29 is 14.6 Å². The van der Waals surface area contributed by atoms with Crippen LogP contribution in [0.3, 0.4) is 0 Å². The number of carbonyl (C=O) groups is 1. The zero-order valence-electron chi connectivity index (χ0n) is 8.46. The van der Waals surface area contributed by atoms with Crippen molar-refractivity contribution in [2.24, 2.45) is 4.99 Å². The van der Waals surface area contributed by atoms with Crippen molar-refractivity contribution in [3.05, 3.63) is 35.9 Å². The van der Waals surface area contributed by atoms with Gasteiger partial charge in [0, 0.05) is 13.3 Å². The number of aliphatic imine (C=N–C) groups is 1. The van der Waals surface area contributed by atoms with Gasteiger partial charge in [-0.3, -0.25) is 4.99 Å². The molecule has 4 nitrogen and oxygen atoms in total. The summed E-state index contributed by atoms with van der Waals surface area (Å²) in [6.45, 7) is 0.0820. The predicted molar refractivity (Wildman–Crippen MR) is 57.3 cm³/mol. The van der Waals surface area contributed by atoms with E-state index in [2.05, 4.69) is 4.99 Å². The molecule has 0 spiro atoms. The molecule has 0 radical (unpaired) electrons. The molecule has 1 rings (SSSR count). The molecule has 0 saturated heterocycles. The summed E-state index contributed by atoms with van der Waals surface area (Å²) in [5, 5.41) is 8.79. The van der Waals surface area contributed by atoms with E-state index in [1.807, 2.05) is 30.3 Å². The fourth-order valence-corrected chi connectivity index (χ4v) is 1.05. The van der Waals surface area contributed by atoms with Crippen LogP contribution >= 0.6 is 0 Å². The molecule has 0 heterocycles. The Morgan fingerprint density at radius 2 is 2.20 bits per heavy atom. The van der Waals surface area contributed by atoms with Crippen LogP contribution in [0.5, 0.6) is 0 Å². The highest BCUT2D eigenvalue weighted by Crippen LogP contribution is 1.97. The largest absolute Gasteiger partial charge is 0.480 e. The van der Waals surface area contributed by atoms with Crippen molar-refractivity contribution in [2.45, 2.75) is 6.04 Å². The minimum atomic E-state index is -0.982. The topological polar surface area (TPSA) is 58.9 Å². The van der Waals surface area contributed by atoms with Crippen LogP contribution in [0.15, 0.2) is 35.3 Å². The average Bonchev–Trinajstić information content (AvgIpc) is 2.25. The normalized spacial score (nSPS) is 12.9. The van der Waals surface area contributed by atoms with E-state index in [1.165, 1.54) is 13.3 Å². The Morgan fingerprint density at radius 3 is 2.73 bits per heavy atom. The van der Waals surface area contributed by atoms with Gasteiger partial charge in [0.2, 0.25) is 0 Å². The molecular weight excluding hydrogens is 194 g/mol. The van der Waals surface area contributed by atoms with E-state index in [1.54, 1.807) is 0 Å². The monoisotopic (exact) mass is 207 g/mol. The zero-order chi connectivity index (χ0) is 11.1. The second kappa shape index (κ2) is 5.93. The lowest BCUT2D eigenvalue weighted by Crippen LogP contribution is -2.23. The molecule has 4 heteroatoms. The number of hydrogen-bond acceptors (Lipinski definition) is 3. The summed E-state index contributed by atoms with van der Waals surface area (Å²) in [6.07, 6.45) is 1.54. The maximum atomic E-state index is 10.7. The van der Waals surface area contributed by atoms with Gasteiger partial charge in [-0.15, -0.1) is 0 Å². The second-order valence-corrected chi connectivity index (χ2v) is 3.00. The van der Waals surface area contributed by atoms with E-state index >= 15 is 0 Å². The molecule has 0 saturated carbocycles. The van der Waals surface area contributed by atoms with Crippen LogP contribution in [0.2, 0.25) is 0 Å². The maximum absolute atomic E-state index is 10.7. The lowest BCUT2D eigenvalue weighted by molar-refractivity contribution is -0.139. The molecule has 0 aromatic heterocycles. The summed E-state index contributed by atoms with van der Waals surface area (Å²) >= 11 is 0. The zero-order valence-corrected chi connectivity index (χ0v) is 8.46. The number of carboxylic acids is 1. The SMILES string of the molecule is COCC(N=Cc1ccccc1)C(=O)O. The van der Waals surface area contributed by atoms with Gasteiger partial charge in [-0.1, -0.05) is 30.3 Å². The molecule has 0 fully saturated rings. The molecule has 0 aliphatic carbocycles. The van der Waals surface area contributed by atoms with Gasteiger partial charge in [0.15, 0.2) is 6.04 Å². The molecule has 0 aliphatic rings. The number of ether oxygens (including phenoxy) is 1. The van der Waals surface area contributed by atoms with Gasteiger partial charge in [0.1, 0.15) is 0 Å². The smallest absolute Gasteiger partial charge is 0.330 e. The van der Waals surface area contributed by atoms with E-state index in [0.29, 0.717) is 0 Å². The second-order valence-electron chi connectivity index (χ2n) is 3.00. The highest BCUT2D eigenvalue weighted by molar-refractivity contribution is 5.83. The number of nitrogens with zero attached hydrogens (tertiary/aromatic N) is 1. The van der Waals surface area contributed by atoms with Crippen LogP contribution in [0.1, 0.15) is 5.56 Å². The first-order chi connectivity index (χ1) is 7.24. The molecule has 1 aromatic carbocycles. The fourth-order valence-electron chi connectivity index (χ4n) is 1.05. The van der Waals surface area contributed by atoms with E-state index < -0.39 is 12.0 Å². The number of methoxy groups -OCH3 is 1. The van der Waals surface area contributed by atoms with Gasteiger partial charge >= 0.3 is 5.97 Å². The number of rotatable bonds is 5. The van der Waals surface area contributed by atoms with Crippen LogP contribution in [-0.4, -0.2) is 37.0 Å². The molecule has 80 valence electrons. The minimum absolute atomic E-state index is 0.0820. The van der Waals surface area contributed by atoms with Crippen molar-refractivity contribution in [1.29, 1.82) is 0 Å². The molecule has 0 amide bonds. The first-order valence-corrected chi connectivity index (χ1v) is 4.54. The summed E-state index contributed by atoms with van der Waals surface area (Å²) in [5.74, 6) is -0.982. The summed E-state index contributed by atoms with van der Waals surface area (Å²) in [5.41, 5.74) is 0.875. The van der Waals surface area contributed by atoms with Gasteiger partial charge < -0.3 is 9.84 Å². The van der Waals surface area contributed by atoms with E-state index in [4.69, 9.17) is 9.84 Å². The van der Waals surface area contributed by atoms with E-state index in [9.17, 15) is 4.79 Å². The Labute approximate surface area is 88.2 Å². The Morgan fingerprint density at radius 1 is 1.53 bits per heavy atom. The van der Waals surface area contributed by atoms with Crippen LogP contribution in [0.4, 0.5) is 0 Å². The van der Waals surface area contributed by atoms with Gasteiger partial charge in [-0.2, -0.15) is 0 Å². The van der Waals surface area contributed by atoms with E-state index in [-0.39, 0.29) is 6.61 Å². The van der Waals surface area contributed by atoms with Crippen molar-refractivity contribution >= 4 is 12.2 Å². The molecule has 0 aliphatic heterocycles. The first kappa shape index (κ1) is 11.4. The molecule has 1 aromatic rings.